The highest BCUT2D eigenvalue weighted by atomic mass is 16.6. The molecule has 0 spiro atoms. The summed E-state index contributed by atoms with van der Waals surface area (Å²) in [6.07, 6.45) is 4.03. The topological polar surface area (TPSA) is 90.9 Å². The van der Waals surface area contributed by atoms with E-state index in [0.717, 1.165) is 25.7 Å². The summed E-state index contributed by atoms with van der Waals surface area (Å²) in [5.41, 5.74) is -0.631. The molecular weight excluding hydrogens is 350 g/mol. The van der Waals surface area contributed by atoms with Gasteiger partial charge in [-0.05, 0) is 65.7 Å². The lowest BCUT2D eigenvalue weighted by atomic mass is 9.78. The Kier molecular flexibility index (Phi) is 9.60. The van der Waals surface area contributed by atoms with E-state index in [1.165, 1.54) is 0 Å². The second kappa shape index (κ2) is 11.1. The van der Waals surface area contributed by atoms with Crippen LogP contribution in [0.4, 0.5) is 4.79 Å². The molecule has 1 saturated carbocycles. The van der Waals surface area contributed by atoms with Crippen molar-refractivity contribution in [3.05, 3.63) is 0 Å². The van der Waals surface area contributed by atoms with Crippen LogP contribution in [0.3, 0.4) is 0 Å². The van der Waals surface area contributed by atoms with E-state index < -0.39 is 23.7 Å². The van der Waals surface area contributed by atoms with Crippen LogP contribution < -0.4 is 5.32 Å². The van der Waals surface area contributed by atoms with Crippen molar-refractivity contribution in [2.24, 2.45) is 11.8 Å². The molecule has 7 nitrogen and oxygen atoms in total. The zero-order valence-electron chi connectivity index (χ0n) is 17.3. The second-order valence-electron chi connectivity index (χ2n) is 8.08. The summed E-state index contributed by atoms with van der Waals surface area (Å²) in [7, 11) is 0. The highest BCUT2D eigenvalue weighted by Crippen LogP contribution is 2.33. The smallest absolute Gasteiger partial charge is 0.408 e. The number of amides is 1. The lowest BCUT2D eigenvalue weighted by Crippen LogP contribution is -2.45. The SMILES string of the molecule is CCOC(=O)CC1CCC(CC(NC(=O)OC(C)(C)C)C(=O)OCC)CC1. The Labute approximate surface area is 162 Å². The van der Waals surface area contributed by atoms with Gasteiger partial charge >= 0.3 is 18.0 Å². The van der Waals surface area contributed by atoms with E-state index in [4.69, 9.17) is 14.2 Å². The Balaban J connectivity index is 2.55. The fraction of sp³-hybridized carbons (Fsp3) is 0.850. The summed E-state index contributed by atoms with van der Waals surface area (Å²) in [5.74, 6) is 0.0573. The van der Waals surface area contributed by atoms with Crippen LogP contribution in [0.15, 0.2) is 0 Å². The molecule has 0 aromatic rings. The second-order valence-corrected chi connectivity index (χ2v) is 8.08. The van der Waals surface area contributed by atoms with Gasteiger partial charge < -0.3 is 19.5 Å². The van der Waals surface area contributed by atoms with Gasteiger partial charge in [0.2, 0.25) is 0 Å². The molecule has 1 N–H and O–H groups in total. The fourth-order valence-electron chi connectivity index (χ4n) is 3.37. The molecule has 1 fully saturated rings. The third-order valence-electron chi connectivity index (χ3n) is 4.56. The van der Waals surface area contributed by atoms with Crippen LogP contribution in [0.2, 0.25) is 0 Å². The summed E-state index contributed by atoms with van der Waals surface area (Å²) in [5, 5.41) is 2.66. The minimum absolute atomic E-state index is 0.142. The minimum Gasteiger partial charge on any atom is -0.466 e. The Morgan fingerprint density at radius 2 is 1.52 bits per heavy atom. The molecule has 1 rings (SSSR count). The molecule has 1 atom stereocenters. The van der Waals surface area contributed by atoms with Gasteiger partial charge in [0.1, 0.15) is 11.6 Å². The normalized spacial score (nSPS) is 21.1. The molecule has 0 aromatic carbocycles. The molecule has 1 amide bonds. The molecule has 1 aliphatic rings. The quantitative estimate of drug-likeness (QED) is 0.507. The van der Waals surface area contributed by atoms with Gasteiger partial charge in [0, 0.05) is 6.42 Å². The molecule has 0 bridgehead atoms. The van der Waals surface area contributed by atoms with Crippen LogP contribution in [-0.2, 0) is 23.8 Å². The average Bonchev–Trinajstić information content (AvgIpc) is 2.54. The van der Waals surface area contributed by atoms with E-state index in [9.17, 15) is 14.4 Å². The number of hydrogen-bond acceptors (Lipinski definition) is 6. The molecule has 156 valence electrons. The standard InChI is InChI=1S/C20H35NO6/c1-6-25-17(22)13-15-10-8-14(9-11-15)12-16(18(23)26-7-2)21-19(24)27-20(3,4)5/h14-16H,6-13H2,1-5H3,(H,21,24). The van der Waals surface area contributed by atoms with Crippen LogP contribution >= 0.6 is 0 Å². The van der Waals surface area contributed by atoms with Gasteiger partial charge in [-0.1, -0.05) is 12.8 Å². The molecule has 0 aromatic heterocycles. The molecule has 7 heteroatoms. The van der Waals surface area contributed by atoms with Crippen molar-refractivity contribution >= 4 is 18.0 Å². The van der Waals surface area contributed by atoms with E-state index in [2.05, 4.69) is 5.32 Å². The van der Waals surface area contributed by atoms with Gasteiger partial charge in [-0.2, -0.15) is 0 Å². The Hall–Kier alpha value is -1.79. The first kappa shape index (κ1) is 23.2. The van der Waals surface area contributed by atoms with Gasteiger partial charge in [0.15, 0.2) is 0 Å². The summed E-state index contributed by atoms with van der Waals surface area (Å²) in [4.78, 5) is 35.9. The van der Waals surface area contributed by atoms with E-state index in [1.54, 1.807) is 27.7 Å². The van der Waals surface area contributed by atoms with Gasteiger partial charge in [-0.15, -0.1) is 0 Å². The van der Waals surface area contributed by atoms with E-state index in [0.29, 0.717) is 31.3 Å². The predicted molar refractivity (Wildman–Crippen MR) is 101 cm³/mol. The number of nitrogens with one attached hydrogen (secondary N) is 1. The molecule has 27 heavy (non-hydrogen) atoms. The maximum Gasteiger partial charge on any atom is 0.408 e. The van der Waals surface area contributed by atoms with Gasteiger partial charge in [0.25, 0.3) is 0 Å². The molecule has 1 unspecified atom stereocenters. The van der Waals surface area contributed by atoms with Crippen LogP contribution in [-0.4, -0.2) is 42.9 Å². The number of esters is 2. The molecular formula is C20H35NO6. The molecule has 0 saturated heterocycles. The highest BCUT2D eigenvalue weighted by Gasteiger charge is 2.31. The third kappa shape index (κ3) is 9.63. The first-order valence-electron chi connectivity index (χ1n) is 9.96. The van der Waals surface area contributed by atoms with Crippen molar-refractivity contribution in [1.29, 1.82) is 0 Å². The first-order valence-corrected chi connectivity index (χ1v) is 9.96. The van der Waals surface area contributed by atoms with Crippen molar-refractivity contribution in [1.82, 2.24) is 5.32 Å². The number of hydrogen-bond donors (Lipinski definition) is 1. The van der Waals surface area contributed by atoms with Crippen LogP contribution in [0.5, 0.6) is 0 Å². The molecule has 0 radical (unpaired) electrons. The molecule has 1 aliphatic carbocycles. The highest BCUT2D eigenvalue weighted by molar-refractivity contribution is 5.81. The number of ether oxygens (including phenoxy) is 3. The largest absolute Gasteiger partial charge is 0.466 e. The number of alkyl carbamates (subject to hydrolysis) is 1. The van der Waals surface area contributed by atoms with Gasteiger partial charge in [-0.25, -0.2) is 9.59 Å². The lowest BCUT2D eigenvalue weighted by Gasteiger charge is -2.30. The fourth-order valence-corrected chi connectivity index (χ4v) is 3.37. The summed E-state index contributed by atoms with van der Waals surface area (Å²) in [6.45, 7) is 9.54. The van der Waals surface area contributed by atoms with E-state index in [-0.39, 0.29) is 12.6 Å². The van der Waals surface area contributed by atoms with Crippen molar-refractivity contribution in [3.63, 3.8) is 0 Å². The number of carbonyl (C=O) groups is 3. The minimum atomic E-state index is -0.716. The van der Waals surface area contributed by atoms with Crippen LogP contribution in [0.25, 0.3) is 0 Å². The number of rotatable bonds is 8. The zero-order chi connectivity index (χ0) is 20.4. The number of carbonyl (C=O) groups excluding carboxylic acids is 3. The summed E-state index contributed by atoms with van der Waals surface area (Å²) >= 11 is 0. The Morgan fingerprint density at radius 1 is 0.963 bits per heavy atom. The maximum atomic E-state index is 12.2. The molecule has 0 aliphatic heterocycles. The Morgan fingerprint density at radius 3 is 2.04 bits per heavy atom. The maximum absolute atomic E-state index is 12.2. The Bertz CT molecular complexity index is 491. The first-order chi connectivity index (χ1) is 12.6. The third-order valence-corrected chi connectivity index (χ3v) is 4.56. The van der Waals surface area contributed by atoms with Crippen molar-refractivity contribution in [2.45, 2.75) is 84.8 Å². The van der Waals surface area contributed by atoms with Gasteiger partial charge in [0.05, 0.1) is 13.2 Å². The average molecular weight is 386 g/mol. The summed E-state index contributed by atoms with van der Waals surface area (Å²) < 4.78 is 15.4. The zero-order valence-corrected chi connectivity index (χ0v) is 17.3. The van der Waals surface area contributed by atoms with E-state index in [1.807, 2.05) is 6.92 Å². The van der Waals surface area contributed by atoms with Crippen molar-refractivity contribution in [3.8, 4) is 0 Å². The van der Waals surface area contributed by atoms with Crippen LogP contribution in [0, 0.1) is 11.8 Å². The monoisotopic (exact) mass is 385 g/mol. The van der Waals surface area contributed by atoms with Crippen molar-refractivity contribution < 1.29 is 28.6 Å². The lowest BCUT2D eigenvalue weighted by molar-refractivity contribution is -0.146. The van der Waals surface area contributed by atoms with Crippen LogP contribution in [0.1, 0.15) is 73.1 Å². The van der Waals surface area contributed by atoms with Crippen molar-refractivity contribution in [2.75, 3.05) is 13.2 Å². The predicted octanol–water partition coefficient (Wildman–Crippen LogP) is 3.59. The molecule has 0 heterocycles. The summed E-state index contributed by atoms with van der Waals surface area (Å²) in [6, 6.07) is -0.716. The van der Waals surface area contributed by atoms with E-state index >= 15 is 0 Å². The van der Waals surface area contributed by atoms with Gasteiger partial charge in [-0.3, -0.25) is 4.79 Å².